The summed E-state index contributed by atoms with van der Waals surface area (Å²) in [6, 6.07) is 9.83. The van der Waals surface area contributed by atoms with Crippen LogP contribution in [0.1, 0.15) is 125 Å². The van der Waals surface area contributed by atoms with Crippen molar-refractivity contribution in [1.82, 2.24) is 0 Å². The normalized spacial score (nSPS) is 15.0. The summed E-state index contributed by atoms with van der Waals surface area (Å²) in [5.41, 5.74) is 4.16. The molecule has 2 saturated carbocycles. The highest BCUT2D eigenvalue weighted by atomic mass is 15.2. The second-order valence-corrected chi connectivity index (χ2v) is 10.9. The Bertz CT molecular complexity index is 692. The largest absolute Gasteiger partial charge is 0.369 e. The molecule has 0 aliphatic heterocycles. The van der Waals surface area contributed by atoms with Crippen molar-refractivity contribution in [2.75, 3.05) is 11.4 Å². The van der Waals surface area contributed by atoms with Crippen molar-refractivity contribution >= 4 is 5.69 Å². The van der Waals surface area contributed by atoms with E-state index in [4.69, 9.17) is 0 Å². The molecule has 0 spiro atoms. The number of rotatable bonds is 13. The number of hydrogen-bond acceptors (Lipinski definition) is 1. The molecule has 0 amide bonds. The lowest BCUT2D eigenvalue weighted by atomic mass is 9.94. The maximum Gasteiger partial charge on any atom is 0.0368 e. The topological polar surface area (TPSA) is 3.24 Å². The molecular formula is C39H71N. The van der Waals surface area contributed by atoms with Gasteiger partial charge in [0.05, 0.1) is 0 Å². The molecule has 2 fully saturated rings. The highest BCUT2D eigenvalue weighted by Crippen LogP contribution is 2.40. The molecule has 1 aromatic rings. The Morgan fingerprint density at radius 1 is 0.925 bits per heavy atom. The van der Waals surface area contributed by atoms with Crippen molar-refractivity contribution in [3.05, 3.63) is 81.0 Å². The highest BCUT2D eigenvalue weighted by Gasteiger charge is 2.35. The van der Waals surface area contributed by atoms with Crippen LogP contribution in [0.5, 0.6) is 0 Å². The first-order chi connectivity index (χ1) is 19.3. The zero-order chi connectivity index (χ0) is 31.5. The highest BCUT2D eigenvalue weighted by molar-refractivity contribution is 5.48. The fourth-order valence-electron chi connectivity index (χ4n) is 4.55. The van der Waals surface area contributed by atoms with E-state index >= 15 is 0 Å². The number of nitrogens with zero attached hydrogens (tertiary/aromatic N) is 1. The van der Waals surface area contributed by atoms with Gasteiger partial charge in [-0.2, -0.15) is 0 Å². The van der Waals surface area contributed by atoms with E-state index in [0.717, 1.165) is 42.7 Å². The summed E-state index contributed by atoms with van der Waals surface area (Å²) in [5.74, 6) is 3.54. The van der Waals surface area contributed by atoms with Crippen LogP contribution >= 0.6 is 0 Å². The number of hydrogen-bond donors (Lipinski definition) is 0. The average molecular weight is 554 g/mol. The molecule has 2 aliphatic carbocycles. The Kier molecular flexibility index (Phi) is 30.3. The van der Waals surface area contributed by atoms with Crippen LogP contribution in [0.15, 0.2) is 75.4 Å². The van der Waals surface area contributed by atoms with E-state index in [0.29, 0.717) is 0 Å². The van der Waals surface area contributed by atoms with E-state index in [-0.39, 0.29) is 0 Å². The zero-order valence-electron chi connectivity index (χ0n) is 28.7. The van der Waals surface area contributed by atoms with Gasteiger partial charge in [0.15, 0.2) is 0 Å². The Labute approximate surface area is 253 Å². The first-order valence-electron chi connectivity index (χ1n) is 16.4. The second-order valence-electron chi connectivity index (χ2n) is 10.9. The van der Waals surface area contributed by atoms with Crippen LogP contribution in [-0.2, 0) is 0 Å². The molecule has 0 N–H and O–H groups in total. The third kappa shape index (κ3) is 20.8. The minimum atomic E-state index is 0.736. The van der Waals surface area contributed by atoms with Crippen LogP contribution in [-0.4, -0.2) is 12.6 Å². The first kappa shape index (κ1) is 42.4. The third-order valence-electron chi connectivity index (χ3n) is 7.68. The SMILES string of the molecule is C=C.C=C.C=C(CC)C(C)CCC.C=CCC1CC1.CC.CCC(C)CC(C1CC1)N(CC)c1ccc(C)cc1. The molecule has 0 aromatic heterocycles. The van der Waals surface area contributed by atoms with Crippen LogP contribution in [0.4, 0.5) is 5.69 Å². The molecule has 0 saturated heterocycles. The summed E-state index contributed by atoms with van der Waals surface area (Å²) in [7, 11) is 0. The van der Waals surface area contributed by atoms with Crippen molar-refractivity contribution in [3.8, 4) is 0 Å². The second kappa shape index (κ2) is 28.5. The lowest BCUT2D eigenvalue weighted by Crippen LogP contribution is -2.38. The summed E-state index contributed by atoms with van der Waals surface area (Å²) in [4.78, 5) is 2.64. The summed E-state index contributed by atoms with van der Waals surface area (Å²) < 4.78 is 0. The minimum absolute atomic E-state index is 0.736. The van der Waals surface area contributed by atoms with Gasteiger partial charge in [-0.1, -0.05) is 97.2 Å². The number of anilines is 1. The molecule has 1 aromatic carbocycles. The smallest absolute Gasteiger partial charge is 0.0368 e. The quantitative estimate of drug-likeness (QED) is 0.220. The molecule has 3 unspecified atom stereocenters. The van der Waals surface area contributed by atoms with E-state index < -0.39 is 0 Å². The van der Waals surface area contributed by atoms with Crippen molar-refractivity contribution in [3.63, 3.8) is 0 Å². The summed E-state index contributed by atoms with van der Waals surface area (Å²) in [5, 5.41) is 0. The predicted octanol–water partition coefficient (Wildman–Crippen LogP) is 13.0. The molecule has 1 nitrogen and oxygen atoms in total. The van der Waals surface area contributed by atoms with Gasteiger partial charge >= 0.3 is 0 Å². The van der Waals surface area contributed by atoms with Crippen molar-refractivity contribution in [1.29, 1.82) is 0 Å². The molecule has 232 valence electrons. The van der Waals surface area contributed by atoms with Gasteiger partial charge in [-0.05, 0) is 101 Å². The molecule has 0 radical (unpaired) electrons. The van der Waals surface area contributed by atoms with Crippen LogP contribution in [0, 0.1) is 30.6 Å². The van der Waals surface area contributed by atoms with Crippen LogP contribution in [0.2, 0.25) is 0 Å². The average Bonchev–Trinajstić information content (AvgIpc) is 3.93. The minimum Gasteiger partial charge on any atom is -0.369 e. The Balaban J connectivity index is -0.000000542. The van der Waals surface area contributed by atoms with E-state index in [2.05, 4.69) is 117 Å². The van der Waals surface area contributed by atoms with Crippen molar-refractivity contribution in [2.45, 2.75) is 133 Å². The van der Waals surface area contributed by atoms with E-state index in [9.17, 15) is 0 Å². The molecule has 1 heteroatoms. The van der Waals surface area contributed by atoms with E-state index in [1.165, 1.54) is 74.6 Å². The molecule has 0 heterocycles. The third-order valence-corrected chi connectivity index (χ3v) is 7.68. The zero-order valence-corrected chi connectivity index (χ0v) is 28.7. The van der Waals surface area contributed by atoms with Crippen LogP contribution in [0.3, 0.4) is 0 Å². The van der Waals surface area contributed by atoms with Gasteiger partial charge in [-0.15, -0.1) is 32.9 Å². The lowest BCUT2D eigenvalue weighted by molar-refractivity contribution is 0.404. The molecular weight excluding hydrogens is 482 g/mol. The molecule has 3 atom stereocenters. The summed E-state index contributed by atoms with van der Waals surface area (Å²) >= 11 is 0. The molecule has 40 heavy (non-hydrogen) atoms. The van der Waals surface area contributed by atoms with Gasteiger partial charge in [0.25, 0.3) is 0 Å². The number of allylic oxidation sites excluding steroid dienone is 2. The molecule has 0 bridgehead atoms. The van der Waals surface area contributed by atoms with Crippen molar-refractivity contribution in [2.24, 2.45) is 23.7 Å². The van der Waals surface area contributed by atoms with Gasteiger partial charge in [-0.25, -0.2) is 0 Å². The Morgan fingerprint density at radius 2 is 1.45 bits per heavy atom. The monoisotopic (exact) mass is 554 g/mol. The number of benzene rings is 1. The number of aryl methyl sites for hydroxylation is 1. The summed E-state index contributed by atoms with van der Waals surface area (Å²) in [6.45, 7) is 40.6. The van der Waals surface area contributed by atoms with Gasteiger partial charge in [0, 0.05) is 18.3 Å². The van der Waals surface area contributed by atoms with Gasteiger partial charge in [0.1, 0.15) is 0 Å². The van der Waals surface area contributed by atoms with Crippen molar-refractivity contribution < 1.29 is 0 Å². The molecule has 3 rings (SSSR count). The van der Waals surface area contributed by atoms with Crippen LogP contribution < -0.4 is 4.90 Å². The standard InChI is InChI=1S/C18H29N.C9H18.C6H10.C2H6.2C2H4/c1-5-14(3)13-18(16-9-10-16)19(6-2)17-11-7-15(4)8-12-17;1-5-7-9(4)8(3)6-2;1-2-3-6-4-5-6;3*1-2/h7-8,11-12,14,16,18H,5-6,9-10,13H2,1-4H3;9H,3,5-7H2,1-2,4H3;2,6H,1,3-5H2;1-2H3;2*1-2H2. The van der Waals surface area contributed by atoms with E-state index in [1.54, 1.807) is 0 Å². The fourth-order valence-corrected chi connectivity index (χ4v) is 4.55. The van der Waals surface area contributed by atoms with Gasteiger partial charge < -0.3 is 4.90 Å². The van der Waals surface area contributed by atoms with E-state index in [1.807, 2.05) is 19.9 Å². The Morgan fingerprint density at radius 3 is 1.77 bits per heavy atom. The predicted molar refractivity (Wildman–Crippen MR) is 190 cm³/mol. The first-order valence-corrected chi connectivity index (χ1v) is 16.4. The summed E-state index contributed by atoms with van der Waals surface area (Å²) in [6.07, 6.45) is 15.4. The maximum atomic E-state index is 3.99. The fraction of sp³-hybridized carbons (Fsp3) is 0.641. The lowest BCUT2D eigenvalue weighted by Gasteiger charge is -2.35. The van der Waals surface area contributed by atoms with Gasteiger partial charge in [-0.3, -0.25) is 0 Å². The van der Waals surface area contributed by atoms with Gasteiger partial charge in [0.2, 0.25) is 0 Å². The molecule has 2 aliphatic rings. The maximum absolute atomic E-state index is 3.99. The Hall–Kier alpha value is -2.02. The van der Waals surface area contributed by atoms with Crippen LogP contribution in [0.25, 0.3) is 0 Å².